The first kappa shape index (κ1) is 19.5. The van der Waals surface area contributed by atoms with Crippen LogP contribution >= 0.6 is 0 Å². The summed E-state index contributed by atoms with van der Waals surface area (Å²) in [6.07, 6.45) is 7.21. The van der Waals surface area contributed by atoms with Gasteiger partial charge in [0.15, 0.2) is 0 Å². The zero-order chi connectivity index (χ0) is 20.6. The van der Waals surface area contributed by atoms with Crippen LogP contribution in [0.5, 0.6) is 5.75 Å². The zero-order valence-electron chi connectivity index (χ0n) is 17.2. The van der Waals surface area contributed by atoms with Gasteiger partial charge in [-0.25, -0.2) is 0 Å². The smallest absolute Gasteiger partial charge is 0.257 e. The molecule has 154 valence electrons. The molecule has 0 bridgehead atoms. The normalized spacial score (nSPS) is 27.0. The fraction of sp³-hybridized carbons (Fsp3) is 0.500. The zero-order valence-corrected chi connectivity index (χ0v) is 17.2. The summed E-state index contributed by atoms with van der Waals surface area (Å²) in [4.78, 5) is 28.0. The van der Waals surface area contributed by atoms with Crippen LogP contribution in [-0.2, 0) is 11.8 Å². The fourth-order valence-corrected chi connectivity index (χ4v) is 4.85. The summed E-state index contributed by atoms with van der Waals surface area (Å²) >= 11 is 0. The highest BCUT2D eigenvalue weighted by Gasteiger charge is 2.52. The molecule has 7 nitrogen and oxygen atoms in total. The quantitative estimate of drug-likeness (QED) is 0.866. The van der Waals surface area contributed by atoms with Gasteiger partial charge in [-0.05, 0) is 43.9 Å². The molecule has 1 aromatic heterocycles. The maximum atomic E-state index is 13.6. The number of methoxy groups -OCH3 is 1. The number of ether oxygens (including phenoxy) is 1. The van der Waals surface area contributed by atoms with Crippen LogP contribution in [0.25, 0.3) is 0 Å². The Morgan fingerprint density at radius 1 is 1.34 bits per heavy atom. The molecular formula is C22H28N4O3. The van der Waals surface area contributed by atoms with E-state index in [0.29, 0.717) is 18.4 Å². The average Bonchev–Trinajstić information content (AvgIpc) is 3.24. The lowest BCUT2D eigenvalue weighted by molar-refractivity contribution is -0.123. The summed E-state index contributed by atoms with van der Waals surface area (Å²) in [7, 11) is 3.45. The van der Waals surface area contributed by atoms with Crippen molar-refractivity contribution in [2.24, 2.45) is 7.05 Å². The molecule has 2 aliphatic heterocycles. The topological polar surface area (TPSA) is 76.5 Å². The number of amides is 2. The minimum absolute atomic E-state index is 0.0468. The van der Waals surface area contributed by atoms with Gasteiger partial charge in [-0.2, -0.15) is 5.10 Å². The van der Waals surface area contributed by atoms with E-state index in [0.717, 1.165) is 30.6 Å². The number of benzene rings is 1. The molecule has 4 rings (SSSR count). The Balaban J connectivity index is 1.78. The third-order valence-electron chi connectivity index (χ3n) is 6.25. The number of rotatable bonds is 3. The van der Waals surface area contributed by atoms with Crippen molar-refractivity contribution in [1.82, 2.24) is 20.0 Å². The molecule has 1 aromatic carbocycles. The van der Waals surface area contributed by atoms with Crippen molar-refractivity contribution in [3.05, 3.63) is 47.8 Å². The van der Waals surface area contributed by atoms with Crippen LogP contribution in [0.15, 0.2) is 36.7 Å². The summed E-state index contributed by atoms with van der Waals surface area (Å²) < 4.78 is 7.05. The molecule has 2 saturated heterocycles. The van der Waals surface area contributed by atoms with Crippen molar-refractivity contribution in [3.63, 3.8) is 0 Å². The Morgan fingerprint density at radius 2 is 2.17 bits per heavy atom. The Morgan fingerprint density at radius 3 is 2.90 bits per heavy atom. The van der Waals surface area contributed by atoms with Crippen LogP contribution in [0.4, 0.5) is 0 Å². The number of nitrogens with one attached hydrogen (secondary N) is 1. The van der Waals surface area contributed by atoms with Crippen LogP contribution in [-0.4, -0.2) is 45.2 Å². The molecule has 0 radical (unpaired) electrons. The van der Waals surface area contributed by atoms with Crippen molar-refractivity contribution in [1.29, 1.82) is 0 Å². The molecule has 0 saturated carbocycles. The highest BCUT2D eigenvalue weighted by molar-refractivity contribution is 5.95. The standard InChI is InChI=1S/C22H28N4O3/c1-22-12-18(15-7-6-8-17(11-15)29-3)26(21(28)16-13-23-25(2)14-16)19(22)9-4-5-10-20(27)24-22/h6-8,11,13-14,18-19H,4-5,9-10,12H2,1-3H3,(H,24,27)/t18-,19-,22-/m0/s1. The van der Waals surface area contributed by atoms with Crippen LogP contribution < -0.4 is 10.1 Å². The maximum Gasteiger partial charge on any atom is 0.257 e. The molecule has 0 unspecified atom stereocenters. The number of carbonyl (C=O) groups is 2. The molecular weight excluding hydrogens is 368 g/mol. The lowest BCUT2D eigenvalue weighted by Gasteiger charge is -2.38. The second-order valence-corrected chi connectivity index (χ2v) is 8.34. The number of nitrogens with zero attached hydrogens (tertiary/aromatic N) is 3. The molecule has 0 spiro atoms. The fourth-order valence-electron chi connectivity index (χ4n) is 4.85. The number of carbonyl (C=O) groups excluding carboxylic acids is 2. The van der Waals surface area contributed by atoms with Crippen LogP contribution in [0.1, 0.15) is 61.0 Å². The first-order valence-electron chi connectivity index (χ1n) is 10.2. The molecule has 1 N–H and O–H groups in total. The van der Waals surface area contributed by atoms with E-state index in [-0.39, 0.29) is 23.9 Å². The van der Waals surface area contributed by atoms with Crippen molar-refractivity contribution >= 4 is 11.8 Å². The van der Waals surface area contributed by atoms with E-state index in [1.807, 2.05) is 29.2 Å². The van der Waals surface area contributed by atoms with Crippen molar-refractivity contribution in [3.8, 4) is 5.75 Å². The Hall–Kier alpha value is -2.83. The van der Waals surface area contributed by atoms with Gasteiger partial charge < -0.3 is 15.0 Å². The molecule has 2 fully saturated rings. The van der Waals surface area contributed by atoms with Gasteiger partial charge in [0.25, 0.3) is 5.91 Å². The van der Waals surface area contributed by atoms with E-state index in [1.54, 1.807) is 31.2 Å². The first-order valence-corrected chi connectivity index (χ1v) is 10.2. The van der Waals surface area contributed by atoms with Gasteiger partial charge in [-0.3, -0.25) is 14.3 Å². The number of hydrogen-bond donors (Lipinski definition) is 1. The number of fused-ring (bicyclic) bond motifs is 1. The summed E-state index contributed by atoms with van der Waals surface area (Å²) in [5.41, 5.74) is 1.12. The summed E-state index contributed by atoms with van der Waals surface area (Å²) in [6, 6.07) is 7.64. The number of hydrogen-bond acceptors (Lipinski definition) is 4. The second kappa shape index (κ2) is 7.54. The van der Waals surface area contributed by atoms with Gasteiger partial charge in [-0.15, -0.1) is 0 Å². The number of aromatic nitrogens is 2. The van der Waals surface area contributed by atoms with Crippen LogP contribution in [0.2, 0.25) is 0 Å². The highest BCUT2D eigenvalue weighted by Crippen LogP contribution is 2.46. The van der Waals surface area contributed by atoms with Gasteiger partial charge in [-0.1, -0.05) is 18.6 Å². The average molecular weight is 396 g/mol. The summed E-state index contributed by atoms with van der Waals surface area (Å²) in [5, 5.41) is 7.42. The molecule has 3 heterocycles. The number of aryl methyl sites for hydroxylation is 1. The predicted octanol–water partition coefficient (Wildman–Crippen LogP) is 2.83. The van der Waals surface area contributed by atoms with Crippen LogP contribution in [0, 0.1) is 0 Å². The molecule has 3 atom stereocenters. The maximum absolute atomic E-state index is 13.6. The van der Waals surface area contributed by atoms with Crippen molar-refractivity contribution in [2.45, 2.75) is 56.7 Å². The SMILES string of the molecule is COc1cccc([C@@H]2C[C@]3(C)NC(=O)CCCC[C@@H]3N2C(=O)c2cnn(C)c2)c1. The van der Waals surface area contributed by atoms with Gasteiger partial charge in [0.1, 0.15) is 5.75 Å². The van der Waals surface area contributed by atoms with Crippen LogP contribution in [0.3, 0.4) is 0 Å². The largest absolute Gasteiger partial charge is 0.497 e. The van der Waals surface area contributed by atoms with E-state index >= 15 is 0 Å². The van der Waals surface area contributed by atoms with Gasteiger partial charge in [0, 0.05) is 19.7 Å². The lowest BCUT2D eigenvalue weighted by Crippen LogP contribution is -2.56. The number of likely N-dealkylation sites (tertiary alicyclic amines) is 1. The Bertz CT molecular complexity index is 924. The van der Waals surface area contributed by atoms with E-state index in [4.69, 9.17) is 4.74 Å². The van der Waals surface area contributed by atoms with Gasteiger partial charge in [0.2, 0.25) is 5.91 Å². The van der Waals surface area contributed by atoms with Gasteiger partial charge >= 0.3 is 0 Å². The van der Waals surface area contributed by atoms with Crippen molar-refractivity contribution in [2.75, 3.05) is 7.11 Å². The molecule has 2 aromatic rings. The predicted molar refractivity (Wildman–Crippen MR) is 109 cm³/mol. The minimum Gasteiger partial charge on any atom is -0.497 e. The van der Waals surface area contributed by atoms with Crippen molar-refractivity contribution < 1.29 is 14.3 Å². The first-order chi connectivity index (χ1) is 13.9. The van der Waals surface area contributed by atoms with Gasteiger partial charge in [0.05, 0.1) is 36.5 Å². The molecule has 2 aliphatic rings. The third-order valence-corrected chi connectivity index (χ3v) is 6.25. The van der Waals surface area contributed by atoms with E-state index in [2.05, 4.69) is 17.3 Å². The monoisotopic (exact) mass is 396 g/mol. The molecule has 2 amide bonds. The molecule has 29 heavy (non-hydrogen) atoms. The molecule has 0 aliphatic carbocycles. The lowest BCUT2D eigenvalue weighted by atomic mass is 9.85. The Labute approximate surface area is 171 Å². The Kier molecular flexibility index (Phi) is 5.06. The van der Waals surface area contributed by atoms with E-state index in [9.17, 15) is 9.59 Å². The summed E-state index contributed by atoms with van der Waals surface area (Å²) in [6.45, 7) is 2.07. The minimum atomic E-state index is -0.469. The molecule has 7 heteroatoms. The van der Waals surface area contributed by atoms with E-state index in [1.165, 1.54) is 0 Å². The van der Waals surface area contributed by atoms with E-state index < -0.39 is 5.54 Å². The summed E-state index contributed by atoms with van der Waals surface area (Å²) in [5.74, 6) is 0.779. The highest BCUT2D eigenvalue weighted by atomic mass is 16.5. The second-order valence-electron chi connectivity index (χ2n) is 8.34. The third kappa shape index (κ3) is 3.61.